The fourth-order valence-electron chi connectivity index (χ4n) is 1.94. The van der Waals surface area contributed by atoms with Gasteiger partial charge in [0.1, 0.15) is 10.1 Å². The van der Waals surface area contributed by atoms with E-state index in [-0.39, 0.29) is 10.3 Å². The van der Waals surface area contributed by atoms with Crippen LogP contribution in [0.4, 0.5) is 0 Å². The number of benzene rings is 1. The van der Waals surface area contributed by atoms with Gasteiger partial charge in [0.15, 0.2) is 0 Å². The maximum absolute atomic E-state index is 11.1. The molecule has 96 valence electrons. The molecule has 0 bridgehead atoms. The van der Waals surface area contributed by atoms with Crippen molar-refractivity contribution in [2.24, 2.45) is 0 Å². The highest BCUT2D eigenvalue weighted by atomic mass is 32.2. The Bertz CT molecular complexity index is 505. The van der Waals surface area contributed by atoms with Crippen LogP contribution in [0.25, 0.3) is 0 Å². The topological polar surface area (TPSA) is 57.2 Å². The molecule has 17 heavy (non-hydrogen) atoms. The van der Waals surface area contributed by atoms with E-state index in [0.29, 0.717) is 11.1 Å². The van der Waals surface area contributed by atoms with Gasteiger partial charge in [-0.1, -0.05) is 32.9 Å². The first-order valence-electron chi connectivity index (χ1n) is 5.67. The molecular formula is C13H19O3S-. The summed E-state index contributed by atoms with van der Waals surface area (Å²) < 4.78 is 33.4. The quantitative estimate of drug-likeness (QED) is 0.780. The van der Waals surface area contributed by atoms with Crippen molar-refractivity contribution in [3.8, 4) is 0 Å². The highest BCUT2D eigenvalue weighted by molar-refractivity contribution is 7.85. The smallest absolute Gasteiger partial charge is 0.124 e. The van der Waals surface area contributed by atoms with Crippen LogP contribution in [0.2, 0.25) is 0 Å². The molecular weight excluding hydrogens is 236 g/mol. The molecule has 0 heterocycles. The zero-order valence-corrected chi connectivity index (χ0v) is 11.8. The minimum Gasteiger partial charge on any atom is -0.744 e. The third-order valence-corrected chi connectivity index (χ3v) is 4.52. The van der Waals surface area contributed by atoms with Crippen molar-refractivity contribution in [2.45, 2.75) is 51.3 Å². The Hall–Kier alpha value is -0.870. The maximum Gasteiger partial charge on any atom is 0.124 e. The van der Waals surface area contributed by atoms with Crippen molar-refractivity contribution in [1.82, 2.24) is 0 Å². The fourth-order valence-corrected chi connectivity index (χ4v) is 2.85. The maximum atomic E-state index is 11.1. The molecule has 4 heteroatoms. The third kappa shape index (κ3) is 2.87. The molecule has 1 rings (SSSR count). The summed E-state index contributed by atoms with van der Waals surface area (Å²) >= 11 is 0. The minimum absolute atomic E-state index is 0.0132. The van der Waals surface area contributed by atoms with Crippen LogP contribution in [-0.2, 0) is 15.5 Å². The lowest BCUT2D eigenvalue weighted by Crippen LogP contribution is -2.17. The van der Waals surface area contributed by atoms with E-state index in [4.69, 9.17) is 0 Å². The van der Waals surface area contributed by atoms with Gasteiger partial charge in [-0.25, -0.2) is 8.42 Å². The average molecular weight is 255 g/mol. The number of hydrogen-bond donors (Lipinski definition) is 0. The van der Waals surface area contributed by atoms with Crippen molar-refractivity contribution in [1.29, 1.82) is 0 Å². The van der Waals surface area contributed by atoms with Crippen molar-refractivity contribution >= 4 is 10.1 Å². The average Bonchev–Trinajstić information content (AvgIpc) is 2.14. The van der Waals surface area contributed by atoms with Gasteiger partial charge in [0.25, 0.3) is 0 Å². The van der Waals surface area contributed by atoms with Gasteiger partial charge >= 0.3 is 0 Å². The predicted octanol–water partition coefficient (Wildman–Crippen LogP) is 2.90. The predicted molar refractivity (Wildman–Crippen MR) is 67.2 cm³/mol. The van der Waals surface area contributed by atoms with E-state index in [1.807, 2.05) is 0 Å². The molecule has 0 atom stereocenters. The second-order valence-electron chi connectivity index (χ2n) is 5.13. The highest BCUT2D eigenvalue weighted by Gasteiger charge is 2.21. The van der Waals surface area contributed by atoms with Crippen LogP contribution < -0.4 is 0 Å². The zero-order valence-electron chi connectivity index (χ0n) is 11.0. The first-order chi connectivity index (χ1) is 7.59. The lowest BCUT2D eigenvalue weighted by molar-refractivity contribution is 0.461. The van der Waals surface area contributed by atoms with Crippen molar-refractivity contribution < 1.29 is 13.0 Å². The molecule has 1 aromatic rings. The monoisotopic (exact) mass is 255 g/mol. The Morgan fingerprint density at radius 1 is 1.18 bits per heavy atom. The van der Waals surface area contributed by atoms with Crippen molar-refractivity contribution in [3.05, 3.63) is 28.8 Å². The normalized spacial score (nSPS) is 12.8. The summed E-state index contributed by atoms with van der Waals surface area (Å²) in [6, 6.07) is 3.61. The summed E-state index contributed by atoms with van der Waals surface area (Å²) in [6.45, 7) is 9.64. The Balaban J connectivity index is 3.49. The van der Waals surface area contributed by atoms with E-state index >= 15 is 0 Å². The van der Waals surface area contributed by atoms with E-state index in [1.165, 1.54) is 0 Å². The van der Waals surface area contributed by atoms with Crippen LogP contribution in [0.15, 0.2) is 17.0 Å². The molecule has 0 aliphatic heterocycles. The van der Waals surface area contributed by atoms with E-state index in [0.717, 1.165) is 12.0 Å². The molecule has 0 aromatic heterocycles. The molecule has 1 aromatic carbocycles. The summed E-state index contributed by atoms with van der Waals surface area (Å²) in [4.78, 5) is -0.0758. The molecule has 3 nitrogen and oxygen atoms in total. The van der Waals surface area contributed by atoms with E-state index in [1.54, 1.807) is 26.0 Å². The first-order valence-corrected chi connectivity index (χ1v) is 7.08. The van der Waals surface area contributed by atoms with Gasteiger partial charge in [-0.3, -0.25) is 0 Å². The molecule has 0 saturated carbocycles. The summed E-state index contributed by atoms with van der Waals surface area (Å²) in [5, 5.41) is 0. The Morgan fingerprint density at radius 3 is 1.88 bits per heavy atom. The standard InChI is InChI=1S/C13H20O3S/c1-6-13(4,5)11-7-9(2)12(10(3)8-11)17(14,15)16/h7-8H,6H2,1-5H3,(H,14,15,16)/p-1. The molecule has 0 aliphatic carbocycles. The SMILES string of the molecule is CCC(C)(C)c1cc(C)c(S(=O)(=O)[O-])c(C)c1. The van der Waals surface area contributed by atoms with E-state index < -0.39 is 10.1 Å². The molecule has 0 fully saturated rings. The fraction of sp³-hybridized carbons (Fsp3) is 0.538. The zero-order chi connectivity index (χ0) is 13.4. The van der Waals surface area contributed by atoms with Gasteiger partial charge in [0, 0.05) is 0 Å². The molecule has 0 amide bonds. The van der Waals surface area contributed by atoms with Gasteiger partial charge in [0.2, 0.25) is 0 Å². The van der Waals surface area contributed by atoms with Crippen LogP contribution in [0.3, 0.4) is 0 Å². The van der Waals surface area contributed by atoms with Gasteiger partial charge in [-0.05, 0) is 42.4 Å². The Labute approximate surface area is 104 Å². The van der Waals surface area contributed by atoms with Crippen LogP contribution in [0, 0.1) is 13.8 Å². The summed E-state index contributed by atoms with van der Waals surface area (Å²) in [7, 11) is -4.38. The Morgan fingerprint density at radius 2 is 1.59 bits per heavy atom. The molecule has 0 unspecified atom stereocenters. The van der Waals surface area contributed by atoms with Gasteiger partial charge < -0.3 is 4.55 Å². The summed E-state index contributed by atoms with van der Waals surface area (Å²) in [5.74, 6) is 0. The second-order valence-corrected chi connectivity index (χ2v) is 6.45. The van der Waals surface area contributed by atoms with Crippen LogP contribution in [0.1, 0.15) is 43.9 Å². The molecule has 0 radical (unpaired) electrons. The van der Waals surface area contributed by atoms with E-state index in [9.17, 15) is 13.0 Å². The summed E-state index contributed by atoms with van der Waals surface area (Å²) in [5.41, 5.74) is 2.14. The Kier molecular flexibility index (Phi) is 3.69. The lowest BCUT2D eigenvalue weighted by atomic mass is 9.81. The number of hydrogen-bond acceptors (Lipinski definition) is 3. The minimum atomic E-state index is -4.38. The second kappa shape index (κ2) is 4.42. The van der Waals surface area contributed by atoms with Crippen molar-refractivity contribution in [3.63, 3.8) is 0 Å². The van der Waals surface area contributed by atoms with Gasteiger partial charge in [-0.2, -0.15) is 0 Å². The first kappa shape index (κ1) is 14.2. The van der Waals surface area contributed by atoms with Crippen LogP contribution in [-0.4, -0.2) is 13.0 Å². The number of aryl methyl sites for hydroxylation is 2. The van der Waals surface area contributed by atoms with Gasteiger partial charge in [0.05, 0.1) is 4.90 Å². The summed E-state index contributed by atoms with van der Waals surface area (Å²) in [6.07, 6.45) is 0.954. The lowest BCUT2D eigenvalue weighted by Gasteiger charge is -2.26. The van der Waals surface area contributed by atoms with Crippen molar-refractivity contribution in [2.75, 3.05) is 0 Å². The van der Waals surface area contributed by atoms with Crippen LogP contribution >= 0.6 is 0 Å². The third-order valence-electron chi connectivity index (χ3n) is 3.38. The number of rotatable bonds is 3. The largest absolute Gasteiger partial charge is 0.744 e. The molecule has 0 N–H and O–H groups in total. The molecule has 0 aliphatic rings. The van der Waals surface area contributed by atoms with Crippen LogP contribution in [0.5, 0.6) is 0 Å². The molecule has 0 saturated heterocycles. The van der Waals surface area contributed by atoms with E-state index in [2.05, 4.69) is 20.8 Å². The van der Waals surface area contributed by atoms with Gasteiger partial charge in [-0.15, -0.1) is 0 Å². The molecule has 0 spiro atoms. The highest BCUT2D eigenvalue weighted by Crippen LogP contribution is 2.31.